The lowest BCUT2D eigenvalue weighted by atomic mass is 10.0. The van der Waals surface area contributed by atoms with Crippen LogP contribution >= 0.6 is 0 Å². The van der Waals surface area contributed by atoms with Gasteiger partial charge in [0.2, 0.25) is 5.69 Å². The standard InChI is InChI=1S/C16H14N2O2/c1-17(2)12-9-7-11(8-10-12)15-16(19)13-5-3-4-6-14(13)18(15)20/h3-10H,1-2H3. The summed E-state index contributed by atoms with van der Waals surface area (Å²) in [7, 11) is 3.89. The first kappa shape index (κ1) is 12.4. The van der Waals surface area contributed by atoms with Crippen LogP contribution in [0.2, 0.25) is 0 Å². The van der Waals surface area contributed by atoms with Crippen LogP contribution in [-0.4, -0.2) is 30.3 Å². The summed E-state index contributed by atoms with van der Waals surface area (Å²) in [5, 5.41) is 12.3. The van der Waals surface area contributed by atoms with E-state index in [4.69, 9.17) is 0 Å². The van der Waals surface area contributed by atoms with Crippen LogP contribution in [0.4, 0.5) is 11.4 Å². The minimum absolute atomic E-state index is 0.191. The van der Waals surface area contributed by atoms with Gasteiger partial charge < -0.3 is 10.1 Å². The van der Waals surface area contributed by atoms with Crippen LogP contribution in [0.3, 0.4) is 0 Å². The first-order valence-electron chi connectivity index (χ1n) is 6.35. The third-order valence-electron chi connectivity index (χ3n) is 3.44. The van der Waals surface area contributed by atoms with E-state index in [0.29, 0.717) is 16.8 Å². The zero-order valence-electron chi connectivity index (χ0n) is 11.3. The van der Waals surface area contributed by atoms with Gasteiger partial charge >= 0.3 is 0 Å². The Morgan fingerprint density at radius 3 is 2.25 bits per heavy atom. The quantitative estimate of drug-likeness (QED) is 0.620. The number of hydrogen-bond acceptors (Lipinski definition) is 3. The number of carbonyl (C=O) groups is 1. The maximum atomic E-state index is 12.3. The maximum Gasteiger partial charge on any atom is 0.272 e. The zero-order valence-corrected chi connectivity index (χ0v) is 11.3. The Bertz CT molecular complexity index is 716. The van der Waals surface area contributed by atoms with Crippen molar-refractivity contribution in [3.63, 3.8) is 0 Å². The molecule has 4 heteroatoms. The lowest BCUT2D eigenvalue weighted by Gasteiger charge is -2.12. The second-order valence-electron chi connectivity index (χ2n) is 4.93. The lowest BCUT2D eigenvalue weighted by Crippen LogP contribution is -2.17. The van der Waals surface area contributed by atoms with E-state index >= 15 is 0 Å². The average molecular weight is 266 g/mol. The number of Topliss-reactive ketones (excluding diaryl/α,β-unsaturated/α-hetero) is 1. The first-order valence-corrected chi connectivity index (χ1v) is 6.35. The van der Waals surface area contributed by atoms with Gasteiger partial charge in [-0.25, -0.2) is 0 Å². The monoisotopic (exact) mass is 266 g/mol. The predicted octanol–water partition coefficient (Wildman–Crippen LogP) is 2.58. The van der Waals surface area contributed by atoms with E-state index in [9.17, 15) is 10.0 Å². The third kappa shape index (κ3) is 1.77. The van der Waals surface area contributed by atoms with Crippen molar-refractivity contribution in [3.05, 3.63) is 64.9 Å². The Balaban J connectivity index is 2.08. The minimum Gasteiger partial charge on any atom is -0.618 e. The molecule has 1 aliphatic heterocycles. The van der Waals surface area contributed by atoms with E-state index in [0.717, 1.165) is 10.4 Å². The van der Waals surface area contributed by atoms with Crippen LogP contribution in [0.25, 0.3) is 0 Å². The molecule has 0 unspecified atom stereocenters. The van der Waals surface area contributed by atoms with Crippen molar-refractivity contribution < 1.29 is 9.53 Å². The van der Waals surface area contributed by atoms with Gasteiger partial charge in [-0.1, -0.05) is 12.1 Å². The summed E-state index contributed by atoms with van der Waals surface area (Å²) in [5.41, 5.74) is 2.75. The fourth-order valence-corrected chi connectivity index (χ4v) is 2.35. The van der Waals surface area contributed by atoms with Crippen LogP contribution in [0.5, 0.6) is 0 Å². The number of carbonyl (C=O) groups excluding carboxylic acids is 1. The van der Waals surface area contributed by atoms with E-state index in [-0.39, 0.29) is 11.5 Å². The van der Waals surface area contributed by atoms with Crippen molar-refractivity contribution in [1.82, 2.24) is 0 Å². The summed E-state index contributed by atoms with van der Waals surface area (Å²) in [6.45, 7) is 0. The van der Waals surface area contributed by atoms with Crippen molar-refractivity contribution in [2.24, 2.45) is 0 Å². The molecular formula is C16H14N2O2. The summed E-state index contributed by atoms with van der Waals surface area (Å²) >= 11 is 0. The normalized spacial score (nSPS) is 13.6. The van der Waals surface area contributed by atoms with E-state index in [1.54, 1.807) is 36.4 Å². The van der Waals surface area contributed by atoms with Gasteiger partial charge in [0.15, 0.2) is 0 Å². The van der Waals surface area contributed by atoms with Gasteiger partial charge in [0, 0.05) is 25.8 Å². The average Bonchev–Trinajstić information content (AvgIpc) is 2.72. The molecule has 0 saturated heterocycles. The Morgan fingerprint density at radius 2 is 1.65 bits per heavy atom. The molecule has 0 radical (unpaired) electrons. The Hall–Kier alpha value is -2.62. The molecule has 20 heavy (non-hydrogen) atoms. The molecule has 1 heterocycles. The highest BCUT2D eigenvalue weighted by Crippen LogP contribution is 2.28. The van der Waals surface area contributed by atoms with Crippen LogP contribution in [0.1, 0.15) is 15.9 Å². The van der Waals surface area contributed by atoms with Crippen molar-refractivity contribution >= 4 is 22.9 Å². The largest absolute Gasteiger partial charge is 0.618 e. The smallest absolute Gasteiger partial charge is 0.272 e. The number of ketones is 1. The Morgan fingerprint density at radius 1 is 1.00 bits per heavy atom. The number of rotatable bonds is 2. The highest BCUT2D eigenvalue weighted by atomic mass is 16.5. The summed E-state index contributed by atoms with van der Waals surface area (Å²) in [6, 6.07) is 14.3. The summed E-state index contributed by atoms with van der Waals surface area (Å²) in [6.07, 6.45) is 0. The molecule has 0 spiro atoms. The molecule has 0 bridgehead atoms. The molecule has 0 aromatic heterocycles. The molecule has 3 rings (SSSR count). The molecule has 0 aliphatic carbocycles. The van der Waals surface area contributed by atoms with Crippen LogP contribution in [0, 0.1) is 5.21 Å². The maximum absolute atomic E-state index is 12.3. The van der Waals surface area contributed by atoms with Gasteiger partial charge in [0.05, 0.1) is 5.56 Å². The summed E-state index contributed by atoms with van der Waals surface area (Å²) in [5.74, 6) is -0.215. The van der Waals surface area contributed by atoms with Crippen LogP contribution < -0.4 is 4.90 Å². The predicted molar refractivity (Wildman–Crippen MR) is 78.9 cm³/mol. The van der Waals surface area contributed by atoms with Gasteiger partial charge in [-0.2, -0.15) is 4.74 Å². The lowest BCUT2D eigenvalue weighted by molar-refractivity contribution is -0.355. The van der Waals surface area contributed by atoms with E-state index < -0.39 is 0 Å². The van der Waals surface area contributed by atoms with Crippen LogP contribution in [0.15, 0.2) is 48.5 Å². The van der Waals surface area contributed by atoms with Crippen molar-refractivity contribution in [3.8, 4) is 0 Å². The molecule has 1 aliphatic rings. The molecule has 100 valence electrons. The molecule has 0 atom stereocenters. The third-order valence-corrected chi connectivity index (χ3v) is 3.44. The highest BCUT2D eigenvalue weighted by Gasteiger charge is 2.35. The molecular weight excluding hydrogens is 252 g/mol. The van der Waals surface area contributed by atoms with Gasteiger partial charge in [-0.15, -0.1) is 0 Å². The highest BCUT2D eigenvalue weighted by molar-refractivity contribution is 6.52. The fraction of sp³-hybridized carbons (Fsp3) is 0.125. The van der Waals surface area contributed by atoms with Gasteiger partial charge in [0.25, 0.3) is 11.5 Å². The molecule has 2 aromatic carbocycles. The first-order chi connectivity index (χ1) is 9.59. The summed E-state index contributed by atoms with van der Waals surface area (Å²) in [4.78, 5) is 14.3. The van der Waals surface area contributed by atoms with Gasteiger partial charge in [-0.05, 0) is 30.3 Å². The second kappa shape index (κ2) is 4.49. The zero-order chi connectivity index (χ0) is 14.3. The van der Waals surface area contributed by atoms with E-state index in [2.05, 4.69) is 0 Å². The Kier molecular flexibility index (Phi) is 2.79. The van der Waals surface area contributed by atoms with E-state index in [1.165, 1.54) is 0 Å². The number of benzene rings is 2. The van der Waals surface area contributed by atoms with E-state index in [1.807, 2.05) is 31.1 Å². The van der Waals surface area contributed by atoms with Gasteiger partial charge in [0.1, 0.15) is 5.56 Å². The number of para-hydroxylation sites is 1. The second-order valence-corrected chi connectivity index (χ2v) is 4.93. The van der Waals surface area contributed by atoms with Crippen LogP contribution in [-0.2, 0) is 0 Å². The number of fused-ring (bicyclic) bond motifs is 1. The molecule has 0 N–H and O–H groups in total. The fourth-order valence-electron chi connectivity index (χ4n) is 2.35. The SMILES string of the molecule is CN(C)c1ccc(C2=[N+]([O-])c3ccccc3C2=O)cc1. The topological polar surface area (TPSA) is 46.4 Å². The van der Waals surface area contributed by atoms with Gasteiger partial charge in [-0.3, -0.25) is 4.79 Å². The van der Waals surface area contributed by atoms with Crippen molar-refractivity contribution in [2.75, 3.05) is 19.0 Å². The Labute approximate surface area is 117 Å². The molecule has 0 amide bonds. The number of hydrogen-bond donors (Lipinski definition) is 0. The number of nitrogens with zero attached hydrogens (tertiary/aromatic N) is 2. The minimum atomic E-state index is -0.215. The molecule has 0 fully saturated rings. The molecule has 4 nitrogen and oxygen atoms in total. The van der Waals surface area contributed by atoms with Crippen molar-refractivity contribution in [1.29, 1.82) is 0 Å². The molecule has 2 aromatic rings. The molecule has 0 saturated carbocycles. The number of anilines is 1. The van der Waals surface area contributed by atoms with Crippen molar-refractivity contribution in [2.45, 2.75) is 0 Å². The summed E-state index contributed by atoms with van der Waals surface area (Å²) < 4.78 is 0.725.